The van der Waals surface area contributed by atoms with Crippen LogP contribution in [0.5, 0.6) is 5.75 Å². The Labute approximate surface area is 249 Å². The maximum absolute atomic E-state index is 13.5. The molecule has 2 aromatic heterocycles. The van der Waals surface area contributed by atoms with Gasteiger partial charge in [-0.25, -0.2) is 5.01 Å². The van der Waals surface area contributed by atoms with Gasteiger partial charge >= 0.3 is 0 Å². The predicted octanol–water partition coefficient (Wildman–Crippen LogP) is 4.50. The fraction of sp³-hybridized carbons (Fsp3) is 0.250. The summed E-state index contributed by atoms with van der Waals surface area (Å²) < 4.78 is 6.98. The molecule has 1 unspecified atom stereocenters. The number of amides is 2. The lowest BCUT2D eigenvalue weighted by molar-refractivity contribution is -0.385. The minimum Gasteiger partial charge on any atom is -0.497 e. The van der Waals surface area contributed by atoms with Gasteiger partial charge in [0, 0.05) is 30.7 Å². The van der Waals surface area contributed by atoms with Crippen LogP contribution in [0.25, 0.3) is 0 Å². The quantitative estimate of drug-likeness (QED) is 0.158. The van der Waals surface area contributed by atoms with Crippen molar-refractivity contribution < 1.29 is 19.2 Å². The molecule has 0 saturated carbocycles. The number of aromatic nitrogens is 3. The molecule has 0 fully saturated rings. The van der Waals surface area contributed by atoms with Crippen molar-refractivity contribution in [2.24, 2.45) is 12.1 Å². The van der Waals surface area contributed by atoms with Gasteiger partial charge in [0.05, 0.1) is 41.0 Å². The molecule has 0 bridgehead atoms. The zero-order valence-electron chi connectivity index (χ0n) is 23.0. The molecule has 3 heterocycles. The highest BCUT2D eigenvalue weighted by atomic mass is 32.2. The van der Waals surface area contributed by atoms with E-state index in [-0.39, 0.29) is 41.1 Å². The Morgan fingerprint density at radius 2 is 1.95 bits per heavy atom. The van der Waals surface area contributed by atoms with Crippen LogP contribution in [-0.4, -0.2) is 55.1 Å². The molecule has 1 aliphatic rings. The number of hydrogen-bond acceptors (Lipinski definition) is 10. The number of nitrogens with one attached hydrogen (secondary N) is 1. The summed E-state index contributed by atoms with van der Waals surface area (Å²) in [7, 11) is 3.36. The van der Waals surface area contributed by atoms with E-state index in [2.05, 4.69) is 15.5 Å². The molecule has 5 rings (SSSR count). The number of methoxy groups -OCH3 is 1. The van der Waals surface area contributed by atoms with Crippen LogP contribution < -0.4 is 10.1 Å². The third-order valence-electron chi connectivity index (χ3n) is 6.88. The average molecular weight is 606 g/mol. The second-order valence-electron chi connectivity index (χ2n) is 9.39. The third-order valence-corrected chi connectivity index (χ3v) is 8.80. The number of nitro benzene ring substituents is 1. The number of carbonyl (C=O) groups is 2. The number of ether oxygens (including phenoxy) is 1. The Kier molecular flexibility index (Phi) is 8.64. The topological polar surface area (TPSA) is 145 Å². The SMILES string of the molecule is COc1ccc(C2CC(c3cccs3)=NN2C(=O)CSc2nnc(CNC(=O)c3cccc([N+](=O)[O-])c3C)n2C)cc1. The summed E-state index contributed by atoms with van der Waals surface area (Å²) in [4.78, 5) is 37.9. The number of carbonyl (C=O) groups excluding carboxylic acids is 2. The van der Waals surface area contributed by atoms with Gasteiger partial charge in [0.1, 0.15) is 5.75 Å². The first-order valence-corrected chi connectivity index (χ1v) is 14.7. The van der Waals surface area contributed by atoms with E-state index in [1.807, 2.05) is 41.8 Å². The molecule has 0 aliphatic carbocycles. The molecule has 0 saturated heterocycles. The smallest absolute Gasteiger partial charge is 0.273 e. The molecular weight excluding hydrogens is 578 g/mol. The summed E-state index contributed by atoms with van der Waals surface area (Å²) in [6.45, 7) is 1.59. The number of nitro groups is 1. The molecule has 1 N–H and O–H groups in total. The van der Waals surface area contributed by atoms with E-state index in [1.165, 1.54) is 36.9 Å². The van der Waals surface area contributed by atoms with E-state index >= 15 is 0 Å². The number of thioether (sulfide) groups is 1. The minimum atomic E-state index is -0.519. The fourth-order valence-corrected chi connectivity index (χ4v) is 6.06. The molecule has 42 heavy (non-hydrogen) atoms. The van der Waals surface area contributed by atoms with Gasteiger partial charge in [-0.15, -0.1) is 21.5 Å². The van der Waals surface area contributed by atoms with Crippen LogP contribution in [-0.2, 0) is 18.4 Å². The standard InChI is InChI=1S/C28H27N7O5S2/c1-17-20(6-4-7-22(17)35(38)39)27(37)29-15-25-30-31-28(33(25)2)42-16-26(36)34-23(18-9-11-19(40-3)12-10-18)14-21(32-34)24-8-5-13-41-24/h4-13,23H,14-16H2,1-3H3,(H,29,37). The van der Waals surface area contributed by atoms with Crippen LogP contribution in [0.4, 0.5) is 5.69 Å². The normalized spacial score (nSPS) is 14.5. The Bertz CT molecular complexity index is 1650. The average Bonchev–Trinajstić information content (AvgIpc) is 3.75. The van der Waals surface area contributed by atoms with Crippen molar-refractivity contribution in [1.29, 1.82) is 0 Å². The Morgan fingerprint density at radius 1 is 1.17 bits per heavy atom. The summed E-state index contributed by atoms with van der Waals surface area (Å²) in [5.41, 5.74) is 2.20. The van der Waals surface area contributed by atoms with Crippen LogP contribution in [0.2, 0.25) is 0 Å². The van der Waals surface area contributed by atoms with Gasteiger partial charge in [-0.1, -0.05) is 36.0 Å². The highest BCUT2D eigenvalue weighted by Crippen LogP contribution is 2.35. The first-order valence-electron chi connectivity index (χ1n) is 12.9. The van der Waals surface area contributed by atoms with E-state index in [9.17, 15) is 19.7 Å². The first kappa shape index (κ1) is 29.0. The van der Waals surface area contributed by atoms with E-state index in [0.717, 1.165) is 21.9 Å². The van der Waals surface area contributed by atoms with E-state index in [0.29, 0.717) is 17.4 Å². The lowest BCUT2D eigenvalue weighted by atomic mass is 10.0. The Morgan fingerprint density at radius 3 is 2.64 bits per heavy atom. The monoisotopic (exact) mass is 605 g/mol. The number of hydrogen-bond donors (Lipinski definition) is 1. The molecule has 1 aliphatic heterocycles. The van der Waals surface area contributed by atoms with Gasteiger partial charge in [-0.3, -0.25) is 19.7 Å². The number of hydrazone groups is 1. The molecule has 1 atom stereocenters. The molecule has 4 aromatic rings. The predicted molar refractivity (Wildman–Crippen MR) is 159 cm³/mol. The molecule has 12 nitrogen and oxygen atoms in total. The van der Waals surface area contributed by atoms with Gasteiger partial charge in [0.2, 0.25) is 0 Å². The summed E-state index contributed by atoms with van der Waals surface area (Å²) in [5, 5.41) is 31.0. The molecule has 2 aromatic carbocycles. The summed E-state index contributed by atoms with van der Waals surface area (Å²) in [6, 6.07) is 15.7. The lowest BCUT2D eigenvalue weighted by Crippen LogP contribution is -2.28. The summed E-state index contributed by atoms with van der Waals surface area (Å²) >= 11 is 2.81. The van der Waals surface area contributed by atoms with Crippen LogP contribution >= 0.6 is 23.1 Å². The Hall–Kier alpha value is -4.56. The second-order valence-corrected chi connectivity index (χ2v) is 11.3. The zero-order valence-corrected chi connectivity index (χ0v) is 24.6. The largest absolute Gasteiger partial charge is 0.497 e. The van der Waals surface area contributed by atoms with Crippen molar-refractivity contribution in [3.63, 3.8) is 0 Å². The van der Waals surface area contributed by atoms with Crippen molar-refractivity contribution in [2.75, 3.05) is 12.9 Å². The molecule has 0 spiro atoms. The van der Waals surface area contributed by atoms with E-state index in [1.54, 1.807) is 35.1 Å². The zero-order chi connectivity index (χ0) is 29.8. The van der Waals surface area contributed by atoms with Crippen LogP contribution in [0.1, 0.15) is 44.6 Å². The Balaban J connectivity index is 1.25. The number of nitrogens with zero attached hydrogens (tertiary/aromatic N) is 6. The van der Waals surface area contributed by atoms with Gasteiger partial charge in [-0.05, 0) is 42.1 Å². The molecule has 0 radical (unpaired) electrons. The molecule has 2 amide bonds. The number of benzene rings is 2. The third kappa shape index (κ3) is 6.04. The van der Waals surface area contributed by atoms with Crippen LogP contribution in [0.15, 0.2) is 70.2 Å². The number of rotatable bonds is 10. The van der Waals surface area contributed by atoms with Crippen molar-refractivity contribution in [3.05, 3.63) is 97.5 Å². The maximum atomic E-state index is 13.5. The van der Waals surface area contributed by atoms with Crippen molar-refractivity contribution >= 4 is 46.3 Å². The van der Waals surface area contributed by atoms with Gasteiger partial charge in [0.25, 0.3) is 17.5 Å². The van der Waals surface area contributed by atoms with E-state index < -0.39 is 10.8 Å². The summed E-state index contributed by atoms with van der Waals surface area (Å²) in [6.07, 6.45) is 0.598. The second kappa shape index (κ2) is 12.5. The lowest BCUT2D eigenvalue weighted by Gasteiger charge is -2.22. The van der Waals surface area contributed by atoms with Gasteiger partial charge < -0.3 is 14.6 Å². The van der Waals surface area contributed by atoms with Crippen LogP contribution in [0, 0.1) is 17.0 Å². The van der Waals surface area contributed by atoms with Crippen molar-refractivity contribution in [2.45, 2.75) is 31.1 Å². The van der Waals surface area contributed by atoms with Crippen molar-refractivity contribution in [1.82, 2.24) is 25.1 Å². The maximum Gasteiger partial charge on any atom is 0.273 e. The number of thiophene rings is 1. The van der Waals surface area contributed by atoms with E-state index in [4.69, 9.17) is 9.84 Å². The highest BCUT2D eigenvalue weighted by molar-refractivity contribution is 7.99. The van der Waals surface area contributed by atoms with Gasteiger partial charge in [0.15, 0.2) is 11.0 Å². The molecular formula is C28H27N7O5S2. The van der Waals surface area contributed by atoms with Crippen LogP contribution in [0.3, 0.4) is 0 Å². The highest BCUT2D eigenvalue weighted by Gasteiger charge is 2.33. The molecule has 216 valence electrons. The summed E-state index contributed by atoms with van der Waals surface area (Å²) in [5.74, 6) is 0.655. The van der Waals surface area contributed by atoms with Gasteiger partial charge in [-0.2, -0.15) is 5.10 Å². The minimum absolute atomic E-state index is 0.0547. The fourth-order valence-electron chi connectivity index (χ4n) is 4.56. The first-order chi connectivity index (χ1) is 20.3. The van der Waals surface area contributed by atoms with Crippen molar-refractivity contribution in [3.8, 4) is 5.75 Å². The molecule has 14 heteroatoms.